The summed E-state index contributed by atoms with van der Waals surface area (Å²) in [6, 6.07) is 12.5. The van der Waals surface area contributed by atoms with Crippen molar-refractivity contribution in [3.8, 4) is 0 Å². The molecule has 0 radical (unpaired) electrons. The normalized spacial score (nSPS) is 11.9. The van der Waals surface area contributed by atoms with Gasteiger partial charge in [0.15, 0.2) is 0 Å². The van der Waals surface area contributed by atoms with Crippen LogP contribution < -0.4 is 5.32 Å². The Balaban J connectivity index is 2.10. The van der Waals surface area contributed by atoms with Gasteiger partial charge in [-0.15, -0.1) is 0 Å². The van der Waals surface area contributed by atoms with E-state index < -0.39 is 6.04 Å². The SMILES string of the molecule is Cc1ccc(C(=O)N[C@H](CO)c2ccccc2)cn1. The van der Waals surface area contributed by atoms with Gasteiger partial charge < -0.3 is 10.4 Å². The van der Waals surface area contributed by atoms with Gasteiger partial charge in [0, 0.05) is 11.9 Å². The first-order valence-corrected chi connectivity index (χ1v) is 6.10. The molecule has 2 aromatic rings. The first kappa shape index (κ1) is 13.2. The highest BCUT2D eigenvalue weighted by molar-refractivity contribution is 5.94. The number of nitrogens with one attached hydrogen (secondary N) is 1. The Kier molecular flexibility index (Phi) is 4.26. The van der Waals surface area contributed by atoms with E-state index in [0.29, 0.717) is 5.56 Å². The lowest BCUT2D eigenvalue weighted by atomic mass is 10.1. The maximum Gasteiger partial charge on any atom is 0.253 e. The second-order valence-corrected chi connectivity index (χ2v) is 4.31. The molecular weight excluding hydrogens is 240 g/mol. The number of aliphatic hydroxyl groups excluding tert-OH is 1. The average molecular weight is 256 g/mol. The van der Waals surface area contributed by atoms with Crippen molar-refractivity contribution in [2.24, 2.45) is 0 Å². The van der Waals surface area contributed by atoms with Crippen LogP contribution in [-0.4, -0.2) is 22.6 Å². The van der Waals surface area contributed by atoms with E-state index in [1.807, 2.05) is 37.3 Å². The molecule has 0 saturated carbocycles. The van der Waals surface area contributed by atoms with Crippen molar-refractivity contribution < 1.29 is 9.90 Å². The van der Waals surface area contributed by atoms with Crippen molar-refractivity contribution in [2.45, 2.75) is 13.0 Å². The van der Waals surface area contributed by atoms with Crippen LogP contribution >= 0.6 is 0 Å². The molecule has 2 N–H and O–H groups in total. The molecule has 1 atom stereocenters. The van der Waals surface area contributed by atoms with E-state index in [1.54, 1.807) is 12.1 Å². The number of benzene rings is 1. The van der Waals surface area contributed by atoms with Gasteiger partial charge >= 0.3 is 0 Å². The zero-order valence-electron chi connectivity index (χ0n) is 10.7. The highest BCUT2D eigenvalue weighted by atomic mass is 16.3. The van der Waals surface area contributed by atoms with Crippen LogP contribution in [0.25, 0.3) is 0 Å². The number of hydrogen-bond acceptors (Lipinski definition) is 3. The maximum atomic E-state index is 12.0. The molecule has 1 amide bonds. The van der Waals surface area contributed by atoms with Gasteiger partial charge in [-0.3, -0.25) is 9.78 Å². The molecule has 0 aliphatic carbocycles. The number of carbonyl (C=O) groups is 1. The number of aromatic nitrogens is 1. The monoisotopic (exact) mass is 256 g/mol. The minimum absolute atomic E-state index is 0.144. The molecular formula is C15H16N2O2. The maximum absolute atomic E-state index is 12.0. The number of aryl methyl sites for hydroxylation is 1. The molecule has 0 bridgehead atoms. The molecule has 1 heterocycles. The summed E-state index contributed by atoms with van der Waals surface area (Å²) in [6.45, 7) is 1.72. The van der Waals surface area contributed by atoms with Crippen molar-refractivity contribution in [3.63, 3.8) is 0 Å². The van der Waals surface area contributed by atoms with Crippen LogP contribution in [0.15, 0.2) is 48.7 Å². The molecule has 0 fully saturated rings. The Morgan fingerprint density at radius 1 is 1.26 bits per heavy atom. The van der Waals surface area contributed by atoms with Gasteiger partial charge in [0.25, 0.3) is 5.91 Å². The summed E-state index contributed by atoms with van der Waals surface area (Å²) in [4.78, 5) is 16.1. The number of amides is 1. The second kappa shape index (κ2) is 6.11. The Hall–Kier alpha value is -2.20. The minimum atomic E-state index is -0.407. The molecule has 0 aliphatic rings. The summed E-state index contributed by atoms with van der Waals surface area (Å²) in [6.07, 6.45) is 1.53. The lowest BCUT2D eigenvalue weighted by molar-refractivity contribution is 0.0916. The quantitative estimate of drug-likeness (QED) is 0.877. The van der Waals surface area contributed by atoms with Gasteiger partial charge in [-0.2, -0.15) is 0 Å². The molecule has 0 saturated heterocycles. The minimum Gasteiger partial charge on any atom is -0.394 e. The summed E-state index contributed by atoms with van der Waals surface area (Å²) in [5.41, 5.74) is 2.22. The summed E-state index contributed by atoms with van der Waals surface area (Å²) >= 11 is 0. The lowest BCUT2D eigenvalue weighted by Crippen LogP contribution is -2.30. The van der Waals surface area contributed by atoms with Gasteiger partial charge in [0.1, 0.15) is 0 Å². The Bertz CT molecular complexity index is 538. The Morgan fingerprint density at radius 2 is 2.00 bits per heavy atom. The van der Waals surface area contributed by atoms with Crippen molar-refractivity contribution in [3.05, 3.63) is 65.5 Å². The average Bonchev–Trinajstić information content (AvgIpc) is 2.46. The summed E-state index contributed by atoms with van der Waals surface area (Å²) in [5, 5.41) is 12.2. The standard InChI is InChI=1S/C15H16N2O2/c1-11-7-8-13(9-16-11)15(19)17-14(10-18)12-5-3-2-4-6-12/h2-9,14,18H,10H2,1H3,(H,17,19)/t14-/m1/s1. The molecule has 0 spiro atoms. The Morgan fingerprint density at radius 3 is 2.58 bits per heavy atom. The predicted molar refractivity (Wildman–Crippen MR) is 72.7 cm³/mol. The molecule has 0 aliphatic heterocycles. The van der Waals surface area contributed by atoms with Crippen LogP contribution in [0.1, 0.15) is 27.7 Å². The third-order valence-corrected chi connectivity index (χ3v) is 2.86. The van der Waals surface area contributed by atoms with E-state index in [2.05, 4.69) is 10.3 Å². The molecule has 4 heteroatoms. The number of aliphatic hydroxyl groups is 1. The molecule has 2 rings (SSSR count). The number of rotatable bonds is 4. The van der Waals surface area contributed by atoms with Crippen LogP contribution in [0.4, 0.5) is 0 Å². The van der Waals surface area contributed by atoms with Gasteiger partial charge in [-0.1, -0.05) is 30.3 Å². The molecule has 0 unspecified atom stereocenters. The number of nitrogens with zero attached hydrogens (tertiary/aromatic N) is 1. The fourth-order valence-electron chi connectivity index (χ4n) is 1.76. The first-order chi connectivity index (χ1) is 9.20. The van der Waals surface area contributed by atoms with Gasteiger partial charge in [-0.25, -0.2) is 0 Å². The van der Waals surface area contributed by atoms with E-state index in [-0.39, 0.29) is 12.5 Å². The summed E-state index contributed by atoms with van der Waals surface area (Å²) in [5.74, 6) is -0.240. The smallest absolute Gasteiger partial charge is 0.253 e. The highest BCUT2D eigenvalue weighted by Gasteiger charge is 2.14. The van der Waals surface area contributed by atoms with Crippen molar-refractivity contribution in [1.29, 1.82) is 0 Å². The van der Waals surface area contributed by atoms with Gasteiger partial charge in [-0.05, 0) is 24.6 Å². The van der Waals surface area contributed by atoms with E-state index in [0.717, 1.165) is 11.3 Å². The molecule has 4 nitrogen and oxygen atoms in total. The second-order valence-electron chi connectivity index (χ2n) is 4.31. The van der Waals surface area contributed by atoms with Crippen LogP contribution in [0.5, 0.6) is 0 Å². The highest BCUT2D eigenvalue weighted by Crippen LogP contribution is 2.12. The largest absolute Gasteiger partial charge is 0.394 e. The number of carbonyl (C=O) groups excluding carboxylic acids is 1. The van der Waals surface area contributed by atoms with Crippen molar-refractivity contribution >= 4 is 5.91 Å². The van der Waals surface area contributed by atoms with Crippen LogP contribution in [0.2, 0.25) is 0 Å². The van der Waals surface area contributed by atoms with Crippen LogP contribution in [-0.2, 0) is 0 Å². The van der Waals surface area contributed by atoms with Crippen molar-refractivity contribution in [2.75, 3.05) is 6.61 Å². The van der Waals surface area contributed by atoms with Gasteiger partial charge in [0.05, 0.1) is 18.2 Å². The zero-order valence-corrected chi connectivity index (χ0v) is 10.7. The molecule has 98 valence electrons. The van der Waals surface area contributed by atoms with Gasteiger partial charge in [0.2, 0.25) is 0 Å². The van der Waals surface area contributed by atoms with E-state index in [1.165, 1.54) is 6.20 Å². The van der Waals surface area contributed by atoms with Crippen LogP contribution in [0, 0.1) is 6.92 Å². The molecule has 1 aromatic carbocycles. The van der Waals surface area contributed by atoms with Crippen LogP contribution in [0.3, 0.4) is 0 Å². The fraction of sp³-hybridized carbons (Fsp3) is 0.200. The third-order valence-electron chi connectivity index (χ3n) is 2.86. The van der Waals surface area contributed by atoms with E-state index >= 15 is 0 Å². The third kappa shape index (κ3) is 3.39. The Labute approximate surface area is 112 Å². The molecule has 19 heavy (non-hydrogen) atoms. The summed E-state index contributed by atoms with van der Waals surface area (Å²) in [7, 11) is 0. The fourth-order valence-corrected chi connectivity index (χ4v) is 1.76. The predicted octanol–water partition coefficient (Wildman–Crippen LogP) is 1.85. The van der Waals surface area contributed by atoms with E-state index in [4.69, 9.17) is 0 Å². The number of pyridine rings is 1. The molecule has 1 aromatic heterocycles. The zero-order chi connectivity index (χ0) is 13.7. The topological polar surface area (TPSA) is 62.2 Å². The number of hydrogen-bond donors (Lipinski definition) is 2. The van der Waals surface area contributed by atoms with E-state index in [9.17, 15) is 9.90 Å². The first-order valence-electron chi connectivity index (χ1n) is 6.10. The lowest BCUT2D eigenvalue weighted by Gasteiger charge is -2.16. The summed E-state index contributed by atoms with van der Waals surface area (Å²) < 4.78 is 0. The van der Waals surface area contributed by atoms with Crippen molar-refractivity contribution in [1.82, 2.24) is 10.3 Å².